The second-order valence-corrected chi connectivity index (χ2v) is 5.28. The van der Waals surface area contributed by atoms with Crippen LogP contribution < -0.4 is 4.90 Å². The van der Waals surface area contributed by atoms with E-state index in [1.165, 1.54) is 0 Å². The van der Waals surface area contributed by atoms with Crippen molar-refractivity contribution in [2.75, 3.05) is 11.4 Å². The van der Waals surface area contributed by atoms with Crippen LogP contribution in [0.25, 0.3) is 0 Å². The van der Waals surface area contributed by atoms with Crippen LogP contribution in [0.15, 0.2) is 24.3 Å². The van der Waals surface area contributed by atoms with Gasteiger partial charge in [0.1, 0.15) is 0 Å². The number of hydrogen-bond donors (Lipinski definition) is 1. The fourth-order valence-corrected chi connectivity index (χ4v) is 2.64. The van der Waals surface area contributed by atoms with E-state index in [0.717, 1.165) is 24.1 Å². The second kappa shape index (κ2) is 6.94. The molecule has 0 saturated heterocycles. The van der Waals surface area contributed by atoms with Crippen molar-refractivity contribution >= 4 is 17.6 Å². The lowest BCUT2D eigenvalue weighted by atomic mass is 9.92. The third-order valence-corrected chi connectivity index (χ3v) is 3.76. The highest BCUT2D eigenvalue weighted by Gasteiger charge is 2.31. The van der Waals surface area contributed by atoms with Crippen molar-refractivity contribution < 1.29 is 14.7 Å². The Bertz CT molecular complexity index is 574. The van der Waals surface area contributed by atoms with Gasteiger partial charge in [-0.2, -0.15) is 0 Å². The van der Waals surface area contributed by atoms with Gasteiger partial charge in [0.15, 0.2) is 0 Å². The number of fused-ring (bicyclic) bond motifs is 1. The van der Waals surface area contributed by atoms with Crippen LogP contribution in [0.4, 0.5) is 5.69 Å². The largest absolute Gasteiger partial charge is 0.481 e. The first kappa shape index (κ1) is 15.1. The molecule has 0 fully saturated rings. The third kappa shape index (κ3) is 3.63. The van der Waals surface area contributed by atoms with E-state index in [0.29, 0.717) is 19.3 Å². The minimum Gasteiger partial charge on any atom is -0.481 e. The highest BCUT2D eigenvalue weighted by Crippen LogP contribution is 2.30. The molecule has 2 rings (SSSR count). The first-order valence-electron chi connectivity index (χ1n) is 7.18. The number of para-hydroxylation sites is 1. The zero-order chi connectivity index (χ0) is 15.2. The second-order valence-electron chi connectivity index (χ2n) is 5.28. The molecule has 1 unspecified atom stereocenters. The molecule has 4 nitrogen and oxygen atoms in total. The predicted molar refractivity (Wildman–Crippen MR) is 80.9 cm³/mol. The number of carbonyl (C=O) groups excluding carboxylic acids is 1. The van der Waals surface area contributed by atoms with E-state index in [9.17, 15) is 14.7 Å². The van der Waals surface area contributed by atoms with E-state index in [1.807, 2.05) is 24.3 Å². The van der Waals surface area contributed by atoms with Gasteiger partial charge in [0.25, 0.3) is 0 Å². The molecule has 0 radical (unpaired) electrons. The van der Waals surface area contributed by atoms with Crippen molar-refractivity contribution in [1.82, 2.24) is 0 Å². The molecule has 0 saturated carbocycles. The zero-order valence-electron chi connectivity index (χ0n) is 11.9. The van der Waals surface area contributed by atoms with Gasteiger partial charge in [-0.25, -0.2) is 0 Å². The molecule has 0 spiro atoms. The minimum absolute atomic E-state index is 0.0228. The van der Waals surface area contributed by atoms with Gasteiger partial charge in [-0.05, 0) is 30.9 Å². The van der Waals surface area contributed by atoms with Crippen molar-refractivity contribution in [3.63, 3.8) is 0 Å². The van der Waals surface area contributed by atoms with E-state index in [2.05, 4.69) is 5.92 Å². The Morgan fingerprint density at radius 1 is 1.33 bits per heavy atom. The number of carboxylic acid groups (broad SMARTS) is 1. The topological polar surface area (TPSA) is 57.6 Å². The first-order valence-corrected chi connectivity index (χ1v) is 7.18. The summed E-state index contributed by atoms with van der Waals surface area (Å²) in [6.07, 6.45) is 8.30. The number of terminal acetylenes is 1. The number of aliphatic carboxylic acids is 1. The monoisotopic (exact) mass is 285 g/mol. The number of amides is 1. The molecule has 1 N–H and O–H groups in total. The summed E-state index contributed by atoms with van der Waals surface area (Å²) in [5.41, 5.74) is 1.77. The van der Waals surface area contributed by atoms with Gasteiger partial charge < -0.3 is 10.0 Å². The van der Waals surface area contributed by atoms with Crippen molar-refractivity contribution in [2.45, 2.75) is 32.1 Å². The number of nitrogens with zero attached hydrogens (tertiary/aromatic N) is 1. The summed E-state index contributed by atoms with van der Waals surface area (Å²) in [5.74, 6) is 1.15. The molecule has 21 heavy (non-hydrogen) atoms. The van der Waals surface area contributed by atoms with Gasteiger partial charge in [0.05, 0.1) is 5.92 Å². The molecule has 1 aliphatic rings. The molecule has 110 valence electrons. The van der Waals surface area contributed by atoms with Crippen LogP contribution in [0, 0.1) is 18.3 Å². The Balaban J connectivity index is 2.12. The highest BCUT2D eigenvalue weighted by atomic mass is 16.4. The van der Waals surface area contributed by atoms with Gasteiger partial charge in [-0.15, -0.1) is 12.3 Å². The normalized spacial score (nSPS) is 16.9. The molecular formula is C17H19NO3. The number of hydrogen-bond acceptors (Lipinski definition) is 2. The molecule has 0 bridgehead atoms. The molecule has 1 aromatic carbocycles. The zero-order valence-corrected chi connectivity index (χ0v) is 11.9. The van der Waals surface area contributed by atoms with Crippen LogP contribution in [0.3, 0.4) is 0 Å². The standard InChI is InChI=1S/C17H19NO3/c1-2-3-4-5-10-16(19)18-12-14(17(20)21)11-13-8-6-7-9-15(13)18/h1,6-9,14H,3-5,10-12H2,(H,20,21). The van der Waals surface area contributed by atoms with Crippen molar-refractivity contribution in [1.29, 1.82) is 0 Å². The molecule has 1 aromatic rings. The van der Waals surface area contributed by atoms with E-state index in [4.69, 9.17) is 6.42 Å². The Labute approximate surface area is 124 Å². The highest BCUT2D eigenvalue weighted by molar-refractivity contribution is 5.95. The summed E-state index contributed by atoms with van der Waals surface area (Å²) < 4.78 is 0. The summed E-state index contributed by atoms with van der Waals surface area (Å²) in [4.78, 5) is 25.3. The van der Waals surface area contributed by atoms with Gasteiger partial charge in [0, 0.05) is 25.1 Å². The summed E-state index contributed by atoms with van der Waals surface area (Å²) >= 11 is 0. The number of carbonyl (C=O) groups is 2. The summed E-state index contributed by atoms with van der Waals surface area (Å²) in [6.45, 7) is 0.250. The SMILES string of the molecule is C#CCCCCC(=O)N1CC(C(=O)O)Cc2ccccc21. The Kier molecular flexibility index (Phi) is 4.99. The number of unbranched alkanes of at least 4 members (excludes halogenated alkanes) is 2. The minimum atomic E-state index is -0.852. The molecule has 4 heteroatoms. The third-order valence-electron chi connectivity index (χ3n) is 3.76. The van der Waals surface area contributed by atoms with Crippen molar-refractivity contribution in [3.8, 4) is 12.3 Å². The molecule has 1 heterocycles. The molecule has 1 amide bonds. The maximum Gasteiger partial charge on any atom is 0.308 e. The van der Waals surface area contributed by atoms with Crippen LogP contribution in [0.5, 0.6) is 0 Å². The quantitative estimate of drug-likeness (QED) is 0.668. The van der Waals surface area contributed by atoms with Crippen molar-refractivity contribution in [2.24, 2.45) is 5.92 Å². The maximum atomic E-state index is 12.4. The lowest BCUT2D eigenvalue weighted by Crippen LogP contribution is -2.42. The summed E-state index contributed by atoms with van der Waals surface area (Å²) in [6, 6.07) is 7.52. The lowest BCUT2D eigenvalue weighted by molar-refractivity contribution is -0.141. The van der Waals surface area contributed by atoms with Crippen molar-refractivity contribution in [3.05, 3.63) is 29.8 Å². The van der Waals surface area contributed by atoms with Gasteiger partial charge in [-0.1, -0.05) is 18.2 Å². The van der Waals surface area contributed by atoms with Crippen LogP contribution in [0.1, 0.15) is 31.2 Å². The van der Waals surface area contributed by atoms with Gasteiger partial charge in [-0.3, -0.25) is 9.59 Å². The van der Waals surface area contributed by atoms with Crippen LogP contribution in [-0.2, 0) is 16.0 Å². The average molecular weight is 285 g/mol. The van der Waals surface area contributed by atoms with E-state index >= 15 is 0 Å². The van der Waals surface area contributed by atoms with E-state index in [-0.39, 0.29) is 12.5 Å². The predicted octanol–water partition coefficient (Wildman–Crippen LogP) is 2.47. The number of carboxylic acids is 1. The molecular weight excluding hydrogens is 266 g/mol. The van der Waals surface area contributed by atoms with Gasteiger partial charge >= 0.3 is 5.97 Å². The smallest absolute Gasteiger partial charge is 0.308 e. The van der Waals surface area contributed by atoms with E-state index < -0.39 is 11.9 Å². The van der Waals surface area contributed by atoms with Crippen LogP contribution in [0.2, 0.25) is 0 Å². The van der Waals surface area contributed by atoms with Crippen LogP contribution >= 0.6 is 0 Å². The molecule has 1 aliphatic heterocycles. The number of anilines is 1. The summed E-state index contributed by atoms with van der Waals surface area (Å²) in [5, 5.41) is 9.25. The Morgan fingerprint density at radius 2 is 2.10 bits per heavy atom. The molecule has 0 aromatic heterocycles. The molecule has 0 aliphatic carbocycles. The molecule has 1 atom stereocenters. The fraction of sp³-hybridized carbons (Fsp3) is 0.412. The maximum absolute atomic E-state index is 12.4. The van der Waals surface area contributed by atoms with E-state index in [1.54, 1.807) is 4.90 Å². The Morgan fingerprint density at radius 3 is 2.81 bits per heavy atom. The number of benzene rings is 1. The fourth-order valence-electron chi connectivity index (χ4n) is 2.64. The Hall–Kier alpha value is -2.28. The average Bonchev–Trinajstić information content (AvgIpc) is 2.50. The first-order chi connectivity index (χ1) is 10.1. The lowest BCUT2D eigenvalue weighted by Gasteiger charge is -2.33. The summed E-state index contributed by atoms with van der Waals surface area (Å²) in [7, 11) is 0. The number of rotatable bonds is 5. The van der Waals surface area contributed by atoms with Crippen LogP contribution in [-0.4, -0.2) is 23.5 Å². The van der Waals surface area contributed by atoms with Gasteiger partial charge in [0.2, 0.25) is 5.91 Å².